The molecule has 0 saturated heterocycles. The van der Waals surface area contributed by atoms with Crippen molar-refractivity contribution >= 4 is 51.4 Å². The van der Waals surface area contributed by atoms with Gasteiger partial charge >= 0.3 is 5.97 Å². The highest BCUT2D eigenvalue weighted by Gasteiger charge is 2.15. The summed E-state index contributed by atoms with van der Waals surface area (Å²) in [5.74, 6) is 0.130. The van der Waals surface area contributed by atoms with Gasteiger partial charge in [0.1, 0.15) is 5.82 Å². The molecule has 0 saturated carbocycles. The molecule has 0 aliphatic carbocycles. The molecular formula is C24H20FIN2O2S. The van der Waals surface area contributed by atoms with Crippen LogP contribution in [-0.4, -0.2) is 22.1 Å². The van der Waals surface area contributed by atoms with E-state index >= 15 is 0 Å². The fraction of sp³-hybridized carbons (Fsp3) is 0.167. The third-order valence-corrected chi connectivity index (χ3v) is 6.50. The quantitative estimate of drug-likeness (QED) is 0.155. The number of hydrogen-bond acceptors (Lipinski definition) is 4. The van der Waals surface area contributed by atoms with Crippen molar-refractivity contribution < 1.29 is 13.9 Å². The molecule has 0 aliphatic rings. The Morgan fingerprint density at radius 1 is 1.10 bits per heavy atom. The zero-order valence-electron chi connectivity index (χ0n) is 16.8. The Kier molecular flexibility index (Phi) is 6.92. The number of aromatic nitrogens is 2. The first-order chi connectivity index (χ1) is 15.0. The summed E-state index contributed by atoms with van der Waals surface area (Å²) < 4.78 is 22.1. The van der Waals surface area contributed by atoms with E-state index in [0.717, 1.165) is 22.0 Å². The summed E-state index contributed by atoms with van der Waals surface area (Å²) in [6.45, 7) is 2.59. The number of hydrogen-bond donors (Lipinski definition) is 0. The van der Waals surface area contributed by atoms with Gasteiger partial charge in [0, 0.05) is 9.32 Å². The van der Waals surface area contributed by atoms with E-state index in [1.807, 2.05) is 12.1 Å². The molecule has 0 fully saturated rings. The second-order valence-electron chi connectivity index (χ2n) is 6.95. The van der Waals surface area contributed by atoms with Crippen molar-refractivity contribution in [3.8, 4) is 0 Å². The molecule has 158 valence electrons. The number of carbonyl (C=O) groups excluding carboxylic acids is 1. The third kappa shape index (κ3) is 5.27. The van der Waals surface area contributed by atoms with Crippen LogP contribution in [0.4, 0.5) is 4.39 Å². The van der Waals surface area contributed by atoms with Crippen LogP contribution in [0.1, 0.15) is 28.4 Å². The predicted octanol–water partition coefficient (Wildman–Crippen LogP) is 6.30. The fourth-order valence-electron chi connectivity index (χ4n) is 3.26. The van der Waals surface area contributed by atoms with Gasteiger partial charge in [0.2, 0.25) is 0 Å². The van der Waals surface area contributed by atoms with Gasteiger partial charge in [-0.15, -0.1) is 0 Å². The Bertz CT molecular complexity index is 1220. The average molecular weight is 546 g/mol. The fourth-order valence-corrected chi connectivity index (χ4v) is 4.59. The highest BCUT2D eigenvalue weighted by atomic mass is 127. The summed E-state index contributed by atoms with van der Waals surface area (Å²) in [7, 11) is 0. The largest absolute Gasteiger partial charge is 0.462 e. The maximum Gasteiger partial charge on any atom is 0.338 e. The number of fused-ring (bicyclic) bond motifs is 1. The van der Waals surface area contributed by atoms with Crippen molar-refractivity contribution in [3.63, 3.8) is 0 Å². The van der Waals surface area contributed by atoms with Crippen molar-refractivity contribution in [2.75, 3.05) is 6.61 Å². The maximum atomic E-state index is 13.7. The molecule has 1 heterocycles. The third-order valence-electron chi connectivity index (χ3n) is 4.74. The highest BCUT2D eigenvalue weighted by Crippen LogP contribution is 2.29. The van der Waals surface area contributed by atoms with Crippen molar-refractivity contribution in [2.45, 2.75) is 24.4 Å². The molecule has 31 heavy (non-hydrogen) atoms. The van der Waals surface area contributed by atoms with Gasteiger partial charge in [-0.1, -0.05) is 36.0 Å². The first-order valence-electron chi connectivity index (χ1n) is 9.82. The highest BCUT2D eigenvalue weighted by molar-refractivity contribution is 14.1. The molecule has 0 unspecified atom stereocenters. The summed E-state index contributed by atoms with van der Waals surface area (Å²) in [5, 5.41) is 0.818. The van der Waals surface area contributed by atoms with E-state index in [4.69, 9.17) is 9.72 Å². The van der Waals surface area contributed by atoms with Crippen LogP contribution in [0.5, 0.6) is 0 Å². The lowest BCUT2D eigenvalue weighted by molar-refractivity contribution is 0.0526. The number of halogens is 2. The summed E-state index contributed by atoms with van der Waals surface area (Å²) in [6.07, 6.45) is 0. The van der Waals surface area contributed by atoms with E-state index in [1.165, 1.54) is 21.3 Å². The molecule has 4 rings (SSSR count). The minimum Gasteiger partial charge on any atom is -0.462 e. The molecule has 0 spiro atoms. The van der Waals surface area contributed by atoms with E-state index in [0.29, 0.717) is 24.2 Å². The van der Waals surface area contributed by atoms with E-state index in [-0.39, 0.29) is 11.8 Å². The van der Waals surface area contributed by atoms with Crippen molar-refractivity contribution in [1.29, 1.82) is 0 Å². The van der Waals surface area contributed by atoms with Crippen molar-refractivity contribution in [2.24, 2.45) is 0 Å². The van der Waals surface area contributed by atoms with Crippen LogP contribution < -0.4 is 0 Å². The van der Waals surface area contributed by atoms with Crippen molar-refractivity contribution in [1.82, 2.24) is 9.55 Å². The van der Waals surface area contributed by atoms with Gasteiger partial charge in [-0.2, -0.15) is 0 Å². The minimum atomic E-state index is -0.364. The second-order valence-corrected chi connectivity index (χ2v) is 9.14. The molecule has 4 aromatic rings. The number of nitrogens with zero attached hydrogens (tertiary/aromatic N) is 2. The molecule has 0 atom stereocenters. The molecule has 0 aliphatic heterocycles. The summed E-state index contributed by atoms with van der Waals surface area (Å²) in [6, 6.07) is 20.3. The van der Waals surface area contributed by atoms with Crippen LogP contribution in [0.2, 0.25) is 0 Å². The smallest absolute Gasteiger partial charge is 0.338 e. The van der Waals surface area contributed by atoms with Crippen LogP contribution >= 0.6 is 34.4 Å². The van der Waals surface area contributed by atoms with Crippen LogP contribution in [0, 0.1) is 9.39 Å². The van der Waals surface area contributed by atoms with E-state index in [2.05, 4.69) is 51.4 Å². The van der Waals surface area contributed by atoms with E-state index in [1.54, 1.807) is 36.9 Å². The van der Waals surface area contributed by atoms with Gasteiger partial charge in [-0.3, -0.25) is 0 Å². The second kappa shape index (κ2) is 9.82. The van der Waals surface area contributed by atoms with Crippen LogP contribution in [-0.2, 0) is 17.0 Å². The van der Waals surface area contributed by atoms with E-state index in [9.17, 15) is 9.18 Å². The summed E-state index contributed by atoms with van der Waals surface area (Å²) in [4.78, 5) is 16.9. The molecule has 0 N–H and O–H groups in total. The van der Waals surface area contributed by atoms with Gasteiger partial charge in [-0.25, -0.2) is 14.2 Å². The topological polar surface area (TPSA) is 44.1 Å². The van der Waals surface area contributed by atoms with Crippen molar-refractivity contribution in [3.05, 3.63) is 92.8 Å². The Morgan fingerprint density at radius 3 is 2.65 bits per heavy atom. The standard InChI is InChI=1S/C24H20FIN2O2S/c1-2-30-23(29)18-8-11-22-21(13-18)27-24(31-15-16-6-9-20(26)10-7-16)28(22)14-17-4-3-5-19(25)12-17/h3-13H,2,14-15H2,1H3. The number of rotatable bonds is 7. The van der Waals surface area contributed by atoms with Gasteiger partial charge in [0.15, 0.2) is 5.16 Å². The molecule has 0 bridgehead atoms. The molecule has 0 amide bonds. The summed E-state index contributed by atoms with van der Waals surface area (Å²) >= 11 is 3.91. The lowest BCUT2D eigenvalue weighted by Gasteiger charge is -2.10. The Hall–Kier alpha value is -2.39. The Balaban J connectivity index is 1.70. The zero-order chi connectivity index (χ0) is 21.8. The molecule has 3 aromatic carbocycles. The Labute approximate surface area is 198 Å². The SMILES string of the molecule is CCOC(=O)c1ccc2c(c1)nc(SCc1ccc(I)cc1)n2Cc1cccc(F)c1. The van der Waals surface area contributed by atoms with Gasteiger partial charge in [0.05, 0.1) is 29.7 Å². The summed E-state index contributed by atoms with van der Waals surface area (Å²) in [5.41, 5.74) is 4.13. The average Bonchev–Trinajstić information content (AvgIpc) is 3.10. The number of ether oxygens (including phenoxy) is 1. The first kappa shape index (κ1) is 21.8. The van der Waals surface area contributed by atoms with Gasteiger partial charge in [0.25, 0.3) is 0 Å². The minimum absolute atomic E-state index is 0.264. The Morgan fingerprint density at radius 2 is 1.90 bits per heavy atom. The predicted molar refractivity (Wildman–Crippen MR) is 130 cm³/mol. The molecular weight excluding hydrogens is 526 g/mol. The zero-order valence-corrected chi connectivity index (χ0v) is 19.8. The van der Waals surface area contributed by atoms with E-state index < -0.39 is 0 Å². The lowest BCUT2D eigenvalue weighted by Crippen LogP contribution is -2.05. The monoisotopic (exact) mass is 546 g/mol. The molecule has 7 heteroatoms. The van der Waals surface area contributed by atoms with Gasteiger partial charge < -0.3 is 9.30 Å². The number of benzene rings is 3. The number of imidazole rings is 1. The van der Waals surface area contributed by atoms with Crippen LogP contribution in [0.15, 0.2) is 71.9 Å². The van der Waals surface area contributed by atoms with Crippen LogP contribution in [0.3, 0.4) is 0 Å². The number of esters is 1. The molecule has 4 nitrogen and oxygen atoms in total. The molecule has 0 radical (unpaired) electrons. The van der Waals surface area contributed by atoms with Crippen LogP contribution in [0.25, 0.3) is 11.0 Å². The maximum absolute atomic E-state index is 13.7. The number of carbonyl (C=O) groups is 1. The normalized spacial score (nSPS) is 11.1. The molecule has 1 aromatic heterocycles. The number of thioether (sulfide) groups is 1. The first-order valence-corrected chi connectivity index (χ1v) is 11.9. The van der Waals surface area contributed by atoms with Gasteiger partial charge in [-0.05, 0) is 83.1 Å². The lowest BCUT2D eigenvalue weighted by atomic mass is 10.2.